The lowest BCUT2D eigenvalue weighted by Crippen LogP contribution is -2.61. The van der Waals surface area contributed by atoms with E-state index >= 15 is 0 Å². The molecule has 10 aromatic rings. The summed E-state index contributed by atoms with van der Waals surface area (Å²) in [5.74, 6) is 0.394. The van der Waals surface area contributed by atoms with E-state index in [1.54, 1.807) is 0 Å². The third kappa shape index (κ3) is 6.74. The van der Waals surface area contributed by atoms with Gasteiger partial charge in [0.2, 0.25) is 0 Å². The van der Waals surface area contributed by atoms with Gasteiger partial charge in [-0.3, -0.25) is 0 Å². The van der Waals surface area contributed by atoms with Crippen LogP contribution in [0, 0.1) is 13.8 Å². The molecule has 0 amide bonds. The Hall–Kier alpha value is -7.76. The van der Waals surface area contributed by atoms with Crippen molar-refractivity contribution in [3.05, 3.63) is 216 Å². The highest BCUT2D eigenvalue weighted by Crippen LogP contribution is 2.51. The van der Waals surface area contributed by atoms with Crippen LogP contribution < -0.4 is 31.1 Å². The zero-order valence-corrected chi connectivity index (χ0v) is 39.9. The van der Waals surface area contributed by atoms with Gasteiger partial charge in [-0.15, -0.1) is 0 Å². The third-order valence-corrected chi connectivity index (χ3v) is 14.3. The van der Waals surface area contributed by atoms with Crippen LogP contribution in [0.25, 0.3) is 33.1 Å². The first kappa shape index (κ1) is 41.7. The fourth-order valence-electron chi connectivity index (χ4n) is 10.8. The Morgan fingerprint density at radius 1 is 0.515 bits per heavy atom. The average molecular weight is 880 g/mol. The van der Waals surface area contributed by atoms with Crippen LogP contribution in [0.5, 0.6) is 0 Å². The molecule has 9 aromatic carbocycles. The normalized spacial score (nSPS) is 13.0. The van der Waals surface area contributed by atoms with Gasteiger partial charge in [0.1, 0.15) is 5.58 Å². The Morgan fingerprint density at radius 3 is 1.93 bits per heavy atom. The van der Waals surface area contributed by atoms with Crippen molar-refractivity contribution >= 4 is 96.2 Å². The number of anilines is 9. The molecule has 3 heterocycles. The van der Waals surface area contributed by atoms with E-state index in [0.717, 1.165) is 61.8 Å². The number of rotatable bonds is 7. The van der Waals surface area contributed by atoms with Gasteiger partial charge in [0.15, 0.2) is 5.58 Å². The molecule has 0 N–H and O–H groups in total. The number of aryl methyl sites for hydroxylation is 2. The van der Waals surface area contributed by atoms with Crippen LogP contribution >= 0.6 is 0 Å². The number of hydrogen-bond acceptors (Lipinski definition) is 4. The molecule has 0 atom stereocenters. The van der Waals surface area contributed by atoms with Crippen LogP contribution in [0.15, 0.2) is 199 Å². The molecular formula is C63H54BN3O. The number of benzene rings is 9. The van der Waals surface area contributed by atoms with E-state index in [2.05, 4.69) is 257 Å². The van der Waals surface area contributed by atoms with Crippen molar-refractivity contribution in [3.8, 4) is 11.1 Å². The van der Waals surface area contributed by atoms with Gasteiger partial charge >= 0.3 is 0 Å². The standard InChI is InChI=1S/C63H54BN3O/c1-40(2)43-27-32-46(33-28-43)65(57-22-15-20-51-50-19-12-14-23-60(50)68-62(51)57)48-38-58-61-59(39-48)67(54-21-13-11-18-49(54)44-16-9-8-10-17-44)56-35-29-45(63(5,6)7)37-53(56)64(61)52-36-42(4)26-34-55(52)66(58)47-30-24-41(3)25-31-47/h8-40H,1-7H3. The van der Waals surface area contributed by atoms with Crippen molar-refractivity contribution in [1.29, 1.82) is 0 Å². The molecule has 2 aliphatic heterocycles. The molecule has 1 aromatic heterocycles. The quantitative estimate of drug-likeness (QED) is 0.149. The Morgan fingerprint density at radius 2 is 1.16 bits per heavy atom. The van der Waals surface area contributed by atoms with Gasteiger partial charge in [-0.2, -0.15) is 0 Å². The first-order valence-electron chi connectivity index (χ1n) is 24.1. The zero-order valence-electron chi connectivity index (χ0n) is 39.9. The van der Waals surface area contributed by atoms with E-state index < -0.39 is 0 Å². The van der Waals surface area contributed by atoms with E-state index in [-0.39, 0.29) is 12.1 Å². The lowest BCUT2D eigenvalue weighted by atomic mass is 9.33. The summed E-state index contributed by atoms with van der Waals surface area (Å²) in [5.41, 5.74) is 23.0. The minimum Gasteiger partial charge on any atom is -0.454 e. The predicted molar refractivity (Wildman–Crippen MR) is 290 cm³/mol. The van der Waals surface area contributed by atoms with Gasteiger partial charge in [0.05, 0.1) is 17.1 Å². The van der Waals surface area contributed by atoms with Crippen molar-refractivity contribution in [2.24, 2.45) is 0 Å². The summed E-state index contributed by atoms with van der Waals surface area (Å²) in [6.07, 6.45) is 0. The first-order chi connectivity index (χ1) is 33.0. The Kier molecular flexibility index (Phi) is 9.77. The second-order valence-corrected chi connectivity index (χ2v) is 20.1. The molecule has 0 saturated carbocycles. The van der Waals surface area contributed by atoms with Crippen molar-refractivity contribution in [1.82, 2.24) is 0 Å². The maximum atomic E-state index is 6.90. The van der Waals surface area contributed by atoms with Crippen LogP contribution in [-0.2, 0) is 5.41 Å². The largest absolute Gasteiger partial charge is 0.454 e. The summed E-state index contributed by atoms with van der Waals surface area (Å²) < 4.78 is 6.90. The number of furan rings is 1. The molecule has 12 rings (SSSR count). The number of para-hydroxylation sites is 3. The van der Waals surface area contributed by atoms with Crippen LogP contribution in [0.1, 0.15) is 62.8 Å². The molecule has 4 nitrogen and oxygen atoms in total. The summed E-state index contributed by atoms with van der Waals surface area (Å²) in [6.45, 7) is 15.9. The first-order valence-corrected chi connectivity index (χ1v) is 24.1. The van der Waals surface area contributed by atoms with Crippen LogP contribution in [0.3, 0.4) is 0 Å². The van der Waals surface area contributed by atoms with Gasteiger partial charge in [-0.25, -0.2) is 0 Å². The molecule has 5 heteroatoms. The van der Waals surface area contributed by atoms with Crippen LogP contribution in [0.4, 0.5) is 51.2 Å². The van der Waals surface area contributed by atoms with Gasteiger partial charge in [-0.05, 0) is 125 Å². The highest BCUT2D eigenvalue weighted by atomic mass is 16.3. The lowest BCUT2D eigenvalue weighted by Gasteiger charge is -2.45. The van der Waals surface area contributed by atoms with Gasteiger partial charge in [-0.1, -0.05) is 173 Å². The van der Waals surface area contributed by atoms with E-state index in [1.807, 2.05) is 0 Å². The number of nitrogens with zero attached hydrogens (tertiary/aromatic N) is 3. The smallest absolute Gasteiger partial charge is 0.252 e. The second kappa shape index (κ2) is 16.0. The molecule has 0 aliphatic carbocycles. The topological polar surface area (TPSA) is 22.9 Å². The highest BCUT2D eigenvalue weighted by Gasteiger charge is 2.45. The van der Waals surface area contributed by atoms with Crippen molar-refractivity contribution in [3.63, 3.8) is 0 Å². The molecule has 0 saturated heterocycles. The molecule has 0 bridgehead atoms. The van der Waals surface area contributed by atoms with E-state index in [4.69, 9.17) is 4.42 Å². The average Bonchev–Trinajstić information content (AvgIpc) is 3.74. The molecular weight excluding hydrogens is 826 g/mol. The van der Waals surface area contributed by atoms with E-state index in [0.29, 0.717) is 5.92 Å². The minimum absolute atomic E-state index is 0.0410. The van der Waals surface area contributed by atoms with Gasteiger partial charge in [0, 0.05) is 50.5 Å². The summed E-state index contributed by atoms with van der Waals surface area (Å²) in [6, 6.07) is 72.2. The predicted octanol–water partition coefficient (Wildman–Crippen LogP) is 15.8. The van der Waals surface area contributed by atoms with Crippen LogP contribution in [-0.4, -0.2) is 6.71 Å². The molecule has 68 heavy (non-hydrogen) atoms. The van der Waals surface area contributed by atoms with Gasteiger partial charge in [0.25, 0.3) is 6.71 Å². The fourth-order valence-corrected chi connectivity index (χ4v) is 10.8. The fraction of sp³-hybridized carbons (Fsp3) is 0.143. The number of hydrogen-bond donors (Lipinski definition) is 0. The summed E-state index contributed by atoms with van der Waals surface area (Å²) in [7, 11) is 0. The third-order valence-electron chi connectivity index (χ3n) is 14.3. The second-order valence-electron chi connectivity index (χ2n) is 20.1. The maximum Gasteiger partial charge on any atom is 0.252 e. The lowest BCUT2D eigenvalue weighted by molar-refractivity contribution is 0.591. The SMILES string of the molecule is Cc1ccc(N2c3ccc(C)cc3B3c4cc(C(C)(C)C)ccc4N(c4ccccc4-c4ccccc4)c4cc(N(c5ccc(C(C)C)cc5)c5cccc6c5oc5ccccc56)cc2c43)cc1. The number of fused-ring (bicyclic) bond motifs is 7. The van der Waals surface area contributed by atoms with Crippen molar-refractivity contribution in [2.75, 3.05) is 14.7 Å². The van der Waals surface area contributed by atoms with Gasteiger partial charge < -0.3 is 19.1 Å². The van der Waals surface area contributed by atoms with Crippen molar-refractivity contribution < 1.29 is 4.42 Å². The molecule has 0 spiro atoms. The molecule has 0 radical (unpaired) electrons. The molecule has 0 fully saturated rings. The van der Waals surface area contributed by atoms with E-state index in [1.165, 1.54) is 61.1 Å². The Labute approximate surface area is 400 Å². The molecule has 330 valence electrons. The molecule has 0 unspecified atom stereocenters. The minimum atomic E-state index is -0.0594. The summed E-state index contributed by atoms with van der Waals surface area (Å²) >= 11 is 0. The summed E-state index contributed by atoms with van der Waals surface area (Å²) in [4.78, 5) is 7.52. The highest BCUT2D eigenvalue weighted by molar-refractivity contribution is 7.00. The van der Waals surface area contributed by atoms with Crippen molar-refractivity contribution in [2.45, 2.75) is 59.8 Å². The van der Waals surface area contributed by atoms with E-state index in [9.17, 15) is 0 Å². The van der Waals surface area contributed by atoms with Crippen LogP contribution in [0.2, 0.25) is 0 Å². The zero-order chi connectivity index (χ0) is 46.4. The Bertz CT molecular complexity index is 3570. The Balaban J connectivity index is 1.23. The maximum absolute atomic E-state index is 6.90. The molecule has 2 aliphatic rings. The monoisotopic (exact) mass is 879 g/mol. The summed E-state index contributed by atoms with van der Waals surface area (Å²) in [5, 5.41) is 2.20.